The molecule has 0 spiro atoms. The fourth-order valence-electron chi connectivity index (χ4n) is 0.987. The first-order chi connectivity index (χ1) is 6.56. The van der Waals surface area contributed by atoms with E-state index >= 15 is 0 Å². The fraction of sp³-hybridized carbons (Fsp3) is 0.615. The van der Waals surface area contributed by atoms with Crippen LogP contribution >= 0.6 is 0 Å². The maximum absolute atomic E-state index is 8.81. The van der Waals surface area contributed by atoms with E-state index in [1.807, 2.05) is 13.0 Å². The third kappa shape index (κ3) is 7.85. The molecule has 0 heterocycles. The van der Waals surface area contributed by atoms with Gasteiger partial charge in [0.1, 0.15) is 0 Å². The van der Waals surface area contributed by atoms with Crippen LogP contribution in [-0.4, -0.2) is 11.7 Å². The zero-order chi connectivity index (χ0) is 11.0. The van der Waals surface area contributed by atoms with Gasteiger partial charge < -0.3 is 5.11 Å². The van der Waals surface area contributed by atoms with Crippen molar-refractivity contribution < 1.29 is 5.11 Å². The molecule has 0 aliphatic heterocycles. The van der Waals surface area contributed by atoms with Gasteiger partial charge in [-0.05, 0) is 45.3 Å². The predicted molar refractivity (Wildman–Crippen MR) is 62.2 cm³/mol. The summed E-state index contributed by atoms with van der Waals surface area (Å²) in [5.41, 5.74) is 5.83. The lowest BCUT2D eigenvalue weighted by Crippen LogP contribution is -1.94. The van der Waals surface area contributed by atoms with Gasteiger partial charge in [0.2, 0.25) is 0 Å². The van der Waals surface area contributed by atoms with Gasteiger partial charge >= 0.3 is 0 Å². The van der Waals surface area contributed by atoms with Crippen LogP contribution in [0.5, 0.6) is 0 Å². The van der Waals surface area contributed by atoms with Crippen LogP contribution in [0, 0.1) is 5.92 Å². The molecule has 1 heteroatoms. The largest absolute Gasteiger partial charge is 0.396 e. The Balaban J connectivity index is 4.00. The average molecular weight is 194 g/mol. The summed E-state index contributed by atoms with van der Waals surface area (Å²) in [6.07, 6.45) is 6.32. The highest BCUT2D eigenvalue weighted by Crippen LogP contribution is 2.05. The van der Waals surface area contributed by atoms with E-state index in [1.54, 1.807) is 0 Å². The molecule has 0 rings (SSSR count). The lowest BCUT2D eigenvalue weighted by molar-refractivity contribution is 0.262. The highest BCUT2D eigenvalue weighted by atomic mass is 16.3. The molecule has 80 valence electrons. The van der Waals surface area contributed by atoms with Gasteiger partial charge in [-0.2, -0.15) is 0 Å². The summed E-state index contributed by atoms with van der Waals surface area (Å²) in [7, 11) is 0. The summed E-state index contributed by atoms with van der Waals surface area (Å²) >= 11 is 0. The summed E-state index contributed by atoms with van der Waals surface area (Å²) in [5, 5.41) is 8.81. The van der Waals surface area contributed by atoms with E-state index in [1.165, 1.54) is 11.1 Å². The smallest absolute Gasteiger partial charge is 0.0497 e. The molecule has 0 fully saturated rings. The van der Waals surface area contributed by atoms with Crippen LogP contribution in [0.15, 0.2) is 29.0 Å². The quantitative estimate of drug-likeness (QED) is 0.525. The van der Waals surface area contributed by atoms with Crippen molar-refractivity contribution >= 4 is 0 Å². The van der Waals surface area contributed by atoms with Gasteiger partial charge in [0.15, 0.2) is 0 Å². The van der Waals surface area contributed by atoms with E-state index in [9.17, 15) is 0 Å². The molecule has 0 saturated carbocycles. The van der Waals surface area contributed by atoms with Crippen LogP contribution in [0.1, 0.15) is 40.5 Å². The Hall–Kier alpha value is -0.780. The van der Waals surface area contributed by atoms with E-state index in [0.29, 0.717) is 0 Å². The monoisotopic (exact) mass is 194 g/mol. The first-order valence-corrected chi connectivity index (χ1v) is 5.22. The van der Waals surface area contributed by atoms with Crippen molar-refractivity contribution in [2.45, 2.75) is 40.5 Å². The molecule has 14 heavy (non-hydrogen) atoms. The second-order valence-electron chi connectivity index (χ2n) is 4.07. The zero-order valence-electron chi connectivity index (χ0n) is 9.80. The maximum Gasteiger partial charge on any atom is 0.0497 e. The Kier molecular flexibility index (Phi) is 7.18. The third-order valence-corrected chi connectivity index (χ3v) is 1.97. The maximum atomic E-state index is 8.81. The van der Waals surface area contributed by atoms with Gasteiger partial charge in [0.05, 0.1) is 0 Å². The number of aliphatic hydroxyl groups is 1. The SMILES string of the molecule is CC(=C=CC(C)CO)CCC=C(C)C. The summed E-state index contributed by atoms with van der Waals surface area (Å²) in [6, 6.07) is 0. The van der Waals surface area contributed by atoms with Crippen molar-refractivity contribution in [1.29, 1.82) is 0 Å². The first-order valence-electron chi connectivity index (χ1n) is 5.22. The van der Waals surface area contributed by atoms with Crippen LogP contribution in [-0.2, 0) is 0 Å². The lowest BCUT2D eigenvalue weighted by atomic mass is 10.1. The van der Waals surface area contributed by atoms with E-state index in [-0.39, 0.29) is 12.5 Å². The summed E-state index contributed by atoms with van der Waals surface area (Å²) in [5.74, 6) is 0.216. The van der Waals surface area contributed by atoms with Crippen molar-refractivity contribution in [3.63, 3.8) is 0 Å². The number of aliphatic hydroxyl groups excluding tert-OH is 1. The molecule has 0 amide bonds. The first kappa shape index (κ1) is 13.2. The average Bonchev–Trinajstić information content (AvgIpc) is 2.13. The third-order valence-electron chi connectivity index (χ3n) is 1.97. The van der Waals surface area contributed by atoms with Crippen LogP contribution in [0.25, 0.3) is 0 Å². The molecule has 0 aromatic rings. The summed E-state index contributed by atoms with van der Waals surface area (Å²) in [6.45, 7) is 8.50. The molecular formula is C13H22O. The van der Waals surface area contributed by atoms with Crippen molar-refractivity contribution in [2.75, 3.05) is 6.61 Å². The van der Waals surface area contributed by atoms with Crippen LogP contribution in [0.2, 0.25) is 0 Å². The van der Waals surface area contributed by atoms with Crippen molar-refractivity contribution in [1.82, 2.24) is 0 Å². The molecule has 0 saturated heterocycles. The van der Waals surface area contributed by atoms with Crippen LogP contribution in [0.3, 0.4) is 0 Å². The van der Waals surface area contributed by atoms with Gasteiger partial charge in [0.25, 0.3) is 0 Å². The normalized spacial score (nSPS) is 11.5. The van der Waals surface area contributed by atoms with Crippen molar-refractivity contribution in [2.24, 2.45) is 5.92 Å². The Morgan fingerprint density at radius 2 is 2.00 bits per heavy atom. The number of hydrogen-bond donors (Lipinski definition) is 1. The van der Waals surface area contributed by atoms with Gasteiger partial charge in [-0.15, -0.1) is 5.73 Å². The van der Waals surface area contributed by atoms with Crippen LogP contribution < -0.4 is 0 Å². The fourth-order valence-corrected chi connectivity index (χ4v) is 0.987. The van der Waals surface area contributed by atoms with Gasteiger partial charge in [-0.25, -0.2) is 0 Å². The minimum Gasteiger partial charge on any atom is -0.396 e. The summed E-state index contributed by atoms with van der Waals surface area (Å²) in [4.78, 5) is 0. The minimum absolute atomic E-state index is 0.203. The van der Waals surface area contributed by atoms with Gasteiger partial charge in [0, 0.05) is 12.5 Å². The molecule has 1 unspecified atom stereocenters. The molecule has 0 radical (unpaired) electrons. The molecule has 0 aromatic carbocycles. The molecule has 1 atom stereocenters. The predicted octanol–water partition coefficient (Wildman–Crippen LogP) is 3.46. The molecular weight excluding hydrogens is 172 g/mol. The van der Waals surface area contributed by atoms with Crippen LogP contribution in [0.4, 0.5) is 0 Å². The zero-order valence-corrected chi connectivity index (χ0v) is 9.80. The molecule has 0 aliphatic rings. The topological polar surface area (TPSA) is 20.2 Å². The van der Waals surface area contributed by atoms with E-state index < -0.39 is 0 Å². The lowest BCUT2D eigenvalue weighted by Gasteiger charge is -1.97. The molecule has 0 aliphatic carbocycles. The Bertz CT molecular complexity index is 238. The molecule has 0 aromatic heterocycles. The van der Waals surface area contributed by atoms with Crippen molar-refractivity contribution in [3.05, 3.63) is 29.0 Å². The van der Waals surface area contributed by atoms with Gasteiger partial charge in [-0.3, -0.25) is 0 Å². The Labute approximate surface area is 87.8 Å². The number of rotatable bonds is 5. The standard InChI is InChI=1S/C13H22O/c1-11(2)6-5-7-12(3)8-9-13(4)10-14/h6,9,13-14H,5,7,10H2,1-4H3. The molecule has 1 N–H and O–H groups in total. The summed E-state index contributed by atoms with van der Waals surface area (Å²) < 4.78 is 0. The Morgan fingerprint density at radius 1 is 1.36 bits per heavy atom. The molecule has 1 nitrogen and oxygen atoms in total. The van der Waals surface area contributed by atoms with E-state index in [2.05, 4.69) is 32.6 Å². The number of hydrogen-bond acceptors (Lipinski definition) is 1. The molecule has 0 bridgehead atoms. The van der Waals surface area contributed by atoms with Gasteiger partial charge in [-0.1, -0.05) is 18.6 Å². The second-order valence-corrected chi connectivity index (χ2v) is 4.07. The van der Waals surface area contributed by atoms with E-state index in [4.69, 9.17) is 5.11 Å². The highest BCUT2D eigenvalue weighted by Gasteiger charge is 1.91. The Morgan fingerprint density at radius 3 is 2.50 bits per heavy atom. The second kappa shape index (κ2) is 7.61. The van der Waals surface area contributed by atoms with Crippen molar-refractivity contribution in [3.8, 4) is 0 Å². The highest BCUT2D eigenvalue weighted by molar-refractivity contribution is 5.02. The van der Waals surface area contributed by atoms with E-state index in [0.717, 1.165) is 12.8 Å². The number of allylic oxidation sites excluding steroid dienone is 2. The minimum atomic E-state index is 0.203.